The molecule has 0 aliphatic heterocycles. The molecule has 0 bridgehead atoms. The van der Waals surface area contributed by atoms with Crippen LogP contribution in [0.5, 0.6) is 0 Å². The zero-order valence-electron chi connectivity index (χ0n) is 10.3. The van der Waals surface area contributed by atoms with Gasteiger partial charge in [-0.2, -0.15) is 0 Å². The van der Waals surface area contributed by atoms with Crippen LogP contribution < -0.4 is 0 Å². The minimum absolute atomic E-state index is 0.0539. The molecule has 1 N–H and O–H groups in total. The third kappa shape index (κ3) is 3.45. The zero-order chi connectivity index (χ0) is 13.5. The molecule has 96 valence electrons. The number of carboxylic acid groups (broad SMARTS) is 1. The Hall–Kier alpha value is -2.10. The normalized spacial score (nSPS) is 11.6. The van der Waals surface area contributed by atoms with E-state index < -0.39 is 11.9 Å². The van der Waals surface area contributed by atoms with Gasteiger partial charge in [0.1, 0.15) is 6.10 Å². The topological polar surface area (TPSA) is 63.6 Å². The molecule has 0 aliphatic rings. The maximum absolute atomic E-state index is 11.9. The highest BCUT2D eigenvalue weighted by molar-refractivity contribution is 6.02. The Morgan fingerprint density at radius 2 is 2.00 bits per heavy atom. The number of hydrogen-bond acceptors (Lipinski definition) is 3. The van der Waals surface area contributed by atoms with Crippen molar-refractivity contribution in [2.75, 3.05) is 0 Å². The van der Waals surface area contributed by atoms with Gasteiger partial charge in [-0.1, -0.05) is 38.1 Å². The van der Waals surface area contributed by atoms with Gasteiger partial charge in [-0.15, -0.1) is 0 Å². The molecule has 0 saturated carbocycles. The van der Waals surface area contributed by atoms with Crippen molar-refractivity contribution in [1.82, 2.24) is 0 Å². The summed E-state index contributed by atoms with van der Waals surface area (Å²) in [7, 11) is 0. The van der Waals surface area contributed by atoms with E-state index in [9.17, 15) is 9.59 Å². The van der Waals surface area contributed by atoms with Gasteiger partial charge in [0.2, 0.25) is 0 Å². The summed E-state index contributed by atoms with van der Waals surface area (Å²) < 4.78 is 5.20. The number of ether oxygens (including phenoxy) is 1. The molecule has 1 atom stereocenters. The van der Waals surface area contributed by atoms with Crippen LogP contribution in [-0.2, 0) is 4.74 Å². The van der Waals surface area contributed by atoms with Crippen molar-refractivity contribution in [2.24, 2.45) is 0 Å². The highest BCUT2D eigenvalue weighted by Crippen LogP contribution is 2.13. The fraction of sp³-hybridized carbons (Fsp3) is 0.286. The van der Waals surface area contributed by atoms with E-state index >= 15 is 0 Å². The summed E-state index contributed by atoms with van der Waals surface area (Å²) in [5, 5.41) is 8.98. The minimum atomic E-state index is -1.15. The van der Waals surface area contributed by atoms with Crippen molar-refractivity contribution < 1.29 is 19.4 Å². The molecular weight excluding hydrogens is 232 g/mol. The lowest BCUT2D eigenvalue weighted by atomic mass is 10.1. The second-order valence-corrected chi connectivity index (χ2v) is 3.82. The molecule has 0 saturated heterocycles. The number of carbonyl (C=O) groups excluding carboxylic acids is 1. The largest absolute Gasteiger partial charge is 0.478 e. The Morgan fingerprint density at radius 1 is 1.39 bits per heavy atom. The average Bonchev–Trinajstić information content (AvgIpc) is 2.38. The van der Waals surface area contributed by atoms with Gasteiger partial charge in [0.05, 0.1) is 11.1 Å². The van der Waals surface area contributed by atoms with Crippen LogP contribution in [0.3, 0.4) is 0 Å². The molecule has 0 radical (unpaired) electrons. The number of hydrogen-bond donors (Lipinski definition) is 1. The van der Waals surface area contributed by atoms with E-state index in [1.54, 1.807) is 18.2 Å². The van der Waals surface area contributed by atoms with Gasteiger partial charge in [-0.3, -0.25) is 0 Å². The van der Waals surface area contributed by atoms with Crippen molar-refractivity contribution in [3.63, 3.8) is 0 Å². The second-order valence-electron chi connectivity index (χ2n) is 3.82. The molecule has 1 aromatic rings. The van der Waals surface area contributed by atoms with Gasteiger partial charge in [0.15, 0.2) is 0 Å². The lowest BCUT2D eigenvalue weighted by molar-refractivity contribution is 0.0373. The van der Waals surface area contributed by atoms with Crippen molar-refractivity contribution in [3.05, 3.63) is 48.0 Å². The number of rotatable bonds is 6. The quantitative estimate of drug-likeness (QED) is 0.621. The van der Waals surface area contributed by atoms with Crippen molar-refractivity contribution in [3.8, 4) is 0 Å². The lowest BCUT2D eigenvalue weighted by Crippen LogP contribution is -2.18. The van der Waals surface area contributed by atoms with E-state index in [0.29, 0.717) is 6.42 Å². The van der Waals surface area contributed by atoms with Crippen LogP contribution in [0.25, 0.3) is 0 Å². The van der Waals surface area contributed by atoms with Crippen molar-refractivity contribution >= 4 is 11.9 Å². The Balaban J connectivity index is 2.90. The highest BCUT2D eigenvalue weighted by atomic mass is 16.5. The van der Waals surface area contributed by atoms with Crippen LogP contribution in [0.15, 0.2) is 36.9 Å². The summed E-state index contributed by atoms with van der Waals surface area (Å²) in [6, 6.07) is 5.99. The summed E-state index contributed by atoms with van der Waals surface area (Å²) in [4.78, 5) is 22.9. The molecule has 4 heteroatoms. The molecule has 0 amide bonds. The third-order valence-electron chi connectivity index (χ3n) is 2.47. The summed E-state index contributed by atoms with van der Waals surface area (Å²) in [6.45, 7) is 5.56. The summed E-state index contributed by atoms with van der Waals surface area (Å²) in [5.41, 5.74) is 0.00904. The fourth-order valence-electron chi connectivity index (χ4n) is 1.56. The first-order valence-corrected chi connectivity index (χ1v) is 5.76. The fourth-order valence-corrected chi connectivity index (χ4v) is 1.56. The molecule has 0 fully saturated rings. The molecule has 0 unspecified atom stereocenters. The van der Waals surface area contributed by atoms with Crippen molar-refractivity contribution in [2.45, 2.75) is 25.9 Å². The van der Waals surface area contributed by atoms with Gasteiger partial charge >= 0.3 is 11.9 Å². The van der Waals surface area contributed by atoms with E-state index in [2.05, 4.69) is 6.58 Å². The van der Waals surface area contributed by atoms with E-state index in [4.69, 9.17) is 9.84 Å². The molecule has 0 aliphatic carbocycles. The number of benzene rings is 1. The summed E-state index contributed by atoms with van der Waals surface area (Å²) >= 11 is 0. The van der Waals surface area contributed by atoms with E-state index in [1.807, 2.05) is 6.92 Å². The summed E-state index contributed by atoms with van der Waals surface area (Å²) in [5.74, 6) is -1.78. The van der Waals surface area contributed by atoms with Gasteiger partial charge in [0, 0.05) is 0 Å². The maximum atomic E-state index is 11.9. The third-order valence-corrected chi connectivity index (χ3v) is 2.47. The summed E-state index contributed by atoms with van der Waals surface area (Å²) in [6.07, 6.45) is 2.68. The number of aromatic carboxylic acids is 1. The van der Waals surface area contributed by atoms with Gasteiger partial charge in [-0.25, -0.2) is 9.59 Å². The highest BCUT2D eigenvalue weighted by Gasteiger charge is 2.19. The standard InChI is InChI=1S/C14H16O4/c1-3-7-10(4-2)18-14(17)12-9-6-5-8-11(12)13(15)16/h4-6,8-10H,2-3,7H2,1H3,(H,15,16)/t10-/m0/s1. The number of esters is 1. The van der Waals surface area contributed by atoms with E-state index in [-0.39, 0.29) is 17.2 Å². The van der Waals surface area contributed by atoms with Crippen LogP contribution in [-0.4, -0.2) is 23.1 Å². The monoisotopic (exact) mass is 248 g/mol. The van der Waals surface area contributed by atoms with E-state index in [0.717, 1.165) is 6.42 Å². The predicted molar refractivity (Wildman–Crippen MR) is 67.7 cm³/mol. The lowest BCUT2D eigenvalue weighted by Gasteiger charge is -2.13. The minimum Gasteiger partial charge on any atom is -0.478 e. The van der Waals surface area contributed by atoms with Crippen LogP contribution in [0, 0.1) is 0 Å². The maximum Gasteiger partial charge on any atom is 0.339 e. The van der Waals surface area contributed by atoms with Crippen LogP contribution in [0.4, 0.5) is 0 Å². The van der Waals surface area contributed by atoms with Gasteiger partial charge in [0.25, 0.3) is 0 Å². The first-order chi connectivity index (χ1) is 8.60. The Bertz CT molecular complexity index is 451. The Kier molecular flexibility index (Phi) is 5.11. The average molecular weight is 248 g/mol. The molecule has 1 rings (SSSR count). The molecule has 0 aromatic heterocycles. The smallest absolute Gasteiger partial charge is 0.339 e. The molecule has 1 aromatic carbocycles. The number of carboxylic acids is 1. The van der Waals surface area contributed by atoms with E-state index in [1.165, 1.54) is 12.1 Å². The van der Waals surface area contributed by atoms with Crippen LogP contribution >= 0.6 is 0 Å². The predicted octanol–water partition coefficient (Wildman–Crippen LogP) is 2.90. The van der Waals surface area contributed by atoms with Gasteiger partial charge in [-0.05, 0) is 18.6 Å². The Morgan fingerprint density at radius 3 is 2.50 bits per heavy atom. The molecule has 18 heavy (non-hydrogen) atoms. The van der Waals surface area contributed by atoms with Crippen LogP contribution in [0.2, 0.25) is 0 Å². The number of carbonyl (C=O) groups is 2. The first kappa shape index (κ1) is 14.0. The molecule has 0 spiro atoms. The second kappa shape index (κ2) is 6.59. The van der Waals surface area contributed by atoms with Crippen molar-refractivity contribution in [1.29, 1.82) is 0 Å². The SMILES string of the molecule is C=C[C@@H](CCC)OC(=O)c1ccccc1C(=O)O. The van der Waals surface area contributed by atoms with Crippen LogP contribution in [0.1, 0.15) is 40.5 Å². The zero-order valence-corrected chi connectivity index (χ0v) is 10.3. The molecule has 4 nitrogen and oxygen atoms in total. The Labute approximate surface area is 106 Å². The van der Waals surface area contributed by atoms with Gasteiger partial charge < -0.3 is 9.84 Å². The first-order valence-electron chi connectivity index (χ1n) is 5.76. The molecule has 0 heterocycles. The molecular formula is C14H16O4.